The van der Waals surface area contributed by atoms with Crippen molar-refractivity contribution in [3.8, 4) is 0 Å². The Bertz CT molecular complexity index is 803. The van der Waals surface area contributed by atoms with Gasteiger partial charge in [0.1, 0.15) is 0 Å². The third-order valence-corrected chi connectivity index (χ3v) is 11.2. The highest BCUT2D eigenvalue weighted by atomic mass is 16.5. The summed E-state index contributed by atoms with van der Waals surface area (Å²) in [6.45, 7) is 19.4. The summed E-state index contributed by atoms with van der Waals surface area (Å²) in [7, 11) is 0. The first kappa shape index (κ1) is 50.9. The van der Waals surface area contributed by atoms with Crippen molar-refractivity contribution in [3.05, 3.63) is 0 Å². The molecule has 0 fully saturated rings. The molecule has 0 aliphatic heterocycles. The SMILES string of the molecule is CCCCCCCCCOC(=O)C(C)(C)CCCCCCN(CCCO)CCCCCCC(C)(C)C(=O)OCCCC(CCCCC)CCCCC. The first-order chi connectivity index (χ1) is 25.0. The number of aliphatic hydroxyl groups is 1. The first-order valence-electron chi connectivity index (χ1n) is 22.7. The topological polar surface area (TPSA) is 76.1 Å². The maximum atomic E-state index is 12.9. The molecule has 0 spiro atoms. The monoisotopic (exact) mass is 738 g/mol. The normalized spacial score (nSPS) is 12.3. The maximum Gasteiger partial charge on any atom is 0.311 e. The number of hydrogen-bond acceptors (Lipinski definition) is 6. The highest BCUT2D eigenvalue weighted by Gasteiger charge is 2.29. The van der Waals surface area contributed by atoms with Gasteiger partial charge in [-0.3, -0.25) is 9.59 Å². The van der Waals surface area contributed by atoms with E-state index in [1.165, 1.54) is 103 Å². The van der Waals surface area contributed by atoms with Crippen molar-refractivity contribution in [1.82, 2.24) is 4.90 Å². The molecule has 1 N–H and O–H groups in total. The predicted octanol–water partition coefficient (Wildman–Crippen LogP) is 13.0. The summed E-state index contributed by atoms with van der Waals surface area (Å²) in [5, 5.41) is 9.43. The average Bonchev–Trinajstić information content (AvgIpc) is 3.12. The van der Waals surface area contributed by atoms with Gasteiger partial charge in [0.25, 0.3) is 0 Å². The van der Waals surface area contributed by atoms with Crippen LogP contribution in [0.15, 0.2) is 0 Å². The van der Waals surface area contributed by atoms with E-state index in [2.05, 4.69) is 39.5 Å². The zero-order valence-electron chi connectivity index (χ0n) is 36.1. The molecule has 6 nitrogen and oxygen atoms in total. The van der Waals surface area contributed by atoms with Gasteiger partial charge in [-0.05, 0) is 98.1 Å². The highest BCUT2D eigenvalue weighted by Crippen LogP contribution is 2.28. The van der Waals surface area contributed by atoms with Gasteiger partial charge >= 0.3 is 11.9 Å². The summed E-state index contributed by atoms with van der Waals surface area (Å²) in [5.41, 5.74) is -0.827. The van der Waals surface area contributed by atoms with Crippen LogP contribution in [0.2, 0.25) is 0 Å². The summed E-state index contributed by atoms with van der Waals surface area (Å²) in [6, 6.07) is 0. The van der Waals surface area contributed by atoms with Gasteiger partial charge in [-0.1, -0.05) is 149 Å². The fourth-order valence-corrected chi connectivity index (χ4v) is 7.30. The molecule has 0 saturated heterocycles. The number of rotatable bonds is 39. The van der Waals surface area contributed by atoms with Crippen LogP contribution in [0.4, 0.5) is 0 Å². The average molecular weight is 738 g/mol. The molecule has 0 atom stereocenters. The fraction of sp³-hybridized carbons (Fsp3) is 0.957. The van der Waals surface area contributed by atoms with Crippen LogP contribution in [0.1, 0.15) is 228 Å². The van der Waals surface area contributed by atoms with Gasteiger partial charge in [0.2, 0.25) is 0 Å². The van der Waals surface area contributed by atoms with Crippen molar-refractivity contribution in [2.45, 2.75) is 228 Å². The summed E-state index contributed by atoms with van der Waals surface area (Å²) < 4.78 is 11.4. The Balaban J connectivity index is 4.19. The highest BCUT2D eigenvalue weighted by molar-refractivity contribution is 5.76. The van der Waals surface area contributed by atoms with Crippen molar-refractivity contribution < 1.29 is 24.2 Å². The fourth-order valence-electron chi connectivity index (χ4n) is 7.30. The second-order valence-corrected chi connectivity index (χ2v) is 17.4. The van der Waals surface area contributed by atoms with E-state index in [-0.39, 0.29) is 18.5 Å². The van der Waals surface area contributed by atoms with Gasteiger partial charge in [0.15, 0.2) is 0 Å². The molecule has 0 saturated carbocycles. The molecule has 0 heterocycles. The lowest BCUT2D eigenvalue weighted by molar-refractivity contribution is -0.155. The Morgan fingerprint density at radius 3 is 1.33 bits per heavy atom. The van der Waals surface area contributed by atoms with E-state index in [1.54, 1.807) is 0 Å². The van der Waals surface area contributed by atoms with Gasteiger partial charge in [-0.2, -0.15) is 0 Å². The molecule has 0 aliphatic rings. The molecule has 0 rings (SSSR count). The summed E-state index contributed by atoms with van der Waals surface area (Å²) in [4.78, 5) is 28.1. The lowest BCUT2D eigenvalue weighted by atomic mass is 9.87. The van der Waals surface area contributed by atoms with Crippen molar-refractivity contribution >= 4 is 11.9 Å². The molecule has 6 heteroatoms. The zero-order valence-corrected chi connectivity index (χ0v) is 36.1. The van der Waals surface area contributed by atoms with Crippen LogP contribution in [-0.4, -0.2) is 61.4 Å². The number of ether oxygens (including phenoxy) is 2. The minimum atomic E-state index is -0.419. The van der Waals surface area contributed by atoms with Gasteiger partial charge in [-0.15, -0.1) is 0 Å². The van der Waals surface area contributed by atoms with E-state index in [9.17, 15) is 14.7 Å². The molecule has 0 aliphatic carbocycles. The van der Waals surface area contributed by atoms with Crippen molar-refractivity contribution in [2.75, 3.05) is 39.5 Å². The lowest BCUT2D eigenvalue weighted by Gasteiger charge is -2.24. The summed E-state index contributed by atoms with van der Waals surface area (Å²) in [5.74, 6) is 0.718. The molecule has 0 aromatic carbocycles. The van der Waals surface area contributed by atoms with Gasteiger partial charge in [0, 0.05) is 13.2 Å². The quantitative estimate of drug-likeness (QED) is 0.0500. The van der Waals surface area contributed by atoms with Crippen LogP contribution in [0.5, 0.6) is 0 Å². The summed E-state index contributed by atoms with van der Waals surface area (Å²) >= 11 is 0. The molecule has 0 unspecified atom stereocenters. The Hall–Kier alpha value is -1.14. The van der Waals surface area contributed by atoms with Crippen molar-refractivity contribution in [1.29, 1.82) is 0 Å². The maximum absolute atomic E-state index is 12.9. The Morgan fingerprint density at radius 2 is 0.846 bits per heavy atom. The van der Waals surface area contributed by atoms with E-state index in [0.717, 1.165) is 103 Å². The third-order valence-electron chi connectivity index (χ3n) is 11.2. The lowest BCUT2D eigenvalue weighted by Crippen LogP contribution is -2.28. The van der Waals surface area contributed by atoms with Crippen LogP contribution < -0.4 is 0 Å². The second kappa shape index (κ2) is 34.4. The third kappa shape index (κ3) is 29.2. The molecule has 52 heavy (non-hydrogen) atoms. The van der Waals surface area contributed by atoms with E-state index in [1.807, 2.05) is 13.8 Å². The first-order valence-corrected chi connectivity index (χ1v) is 22.7. The minimum Gasteiger partial charge on any atom is -0.465 e. The molecule has 310 valence electrons. The van der Waals surface area contributed by atoms with E-state index in [0.29, 0.717) is 13.2 Å². The number of esters is 2. The molecule has 0 bridgehead atoms. The van der Waals surface area contributed by atoms with E-state index < -0.39 is 10.8 Å². The van der Waals surface area contributed by atoms with Gasteiger partial charge in [-0.25, -0.2) is 0 Å². The van der Waals surface area contributed by atoms with Crippen LogP contribution in [-0.2, 0) is 19.1 Å². The largest absolute Gasteiger partial charge is 0.465 e. The Labute approximate surface area is 324 Å². The second-order valence-electron chi connectivity index (χ2n) is 17.4. The van der Waals surface area contributed by atoms with Crippen LogP contribution >= 0.6 is 0 Å². The van der Waals surface area contributed by atoms with Crippen LogP contribution in [0.3, 0.4) is 0 Å². The molecule has 0 amide bonds. The number of hydrogen-bond donors (Lipinski definition) is 1. The van der Waals surface area contributed by atoms with Crippen LogP contribution in [0.25, 0.3) is 0 Å². The number of carbonyl (C=O) groups is 2. The smallest absolute Gasteiger partial charge is 0.311 e. The van der Waals surface area contributed by atoms with Crippen LogP contribution in [0, 0.1) is 16.7 Å². The molecule has 0 radical (unpaired) electrons. The molecular weight excluding hydrogens is 647 g/mol. The number of unbranched alkanes of at least 4 members (excludes halogenated alkanes) is 16. The number of nitrogens with zero attached hydrogens (tertiary/aromatic N) is 1. The number of aliphatic hydroxyl groups excluding tert-OH is 1. The van der Waals surface area contributed by atoms with Crippen molar-refractivity contribution in [2.24, 2.45) is 16.7 Å². The minimum absolute atomic E-state index is 0.0292. The summed E-state index contributed by atoms with van der Waals surface area (Å²) in [6.07, 6.45) is 32.9. The van der Waals surface area contributed by atoms with Gasteiger partial charge < -0.3 is 19.5 Å². The zero-order chi connectivity index (χ0) is 38.8. The van der Waals surface area contributed by atoms with Crippen molar-refractivity contribution in [3.63, 3.8) is 0 Å². The predicted molar refractivity (Wildman–Crippen MR) is 223 cm³/mol. The molecule has 0 aromatic rings. The van der Waals surface area contributed by atoms with Gasteiger partial charge in [0.05, 0.1) is 24.0 Å². The van der Waals surface area contributed by atoms with E-state index in [4.69, 9.17) is 9.47 Å². The number of carbonyl (C=O) groups excluding carboxylic acids is 2. The molecular formula is C46H91NO5. The Morgan fingerprint density at radius 1 is 0.481 bits per heavy atom. The standard InChI is InChI=1S/C46H91NO5/c1-8-11-14-15-16-21-28-40-51-43(49)45(4,5)34-24-17-19-26-36-47(38-30-39-48)37-27-20-18-25-35-46(6,7)44(50)52-41-29-33-42(31-22-12-9-2)32-23-13-10-3/h42,48H,8-41H2,1-7H3. The Kier molecular flexibility index (Phi) is 33.6. The molecule has 0 aromatic heterocycles. The van der Waals surface area contributed by atoms with E-state index >= 15 is 0 Å².